The van der Waals surface area contributed by atoms with E-state index < -0.39 is 0 Å². The van der Waals surface area contributed by atoms with Crippen LogP contribution in [0.1, 0.15) is 19.9 Å². The molecule has 5 aromatic rings. The lowest BCUT2D eigenvalue weighted by molar-refractivity contribution is 0.466. The summed E-state index contributed by atoms with van der Waals surface area (Å²) in [5.41, 5.74) is 2.90. The van der Waals surface area contributed by atoms with Crippen LogP contribution in [0.5, 0.6) is 11.6 Å². The van der Waals surface area contributed by atoms with E-state index in [4.69, 9.17) is 4.74 Å². The number of rotatable bonds is 4. The number of nitrogens with zero attached hydrogens (tertiary/aromatic N) is 5. The maximum atomic E-state index is 13.0. The third-order valence-electron chi connectivity index (χ3n) is 4.81. The van der Waals surface area contributed by atoms with Gasteiger partial charge in [-0.05, 0) is 62.4 Å². The Morgan fingerprint density at radius 1 is 1.00 bits per heavy atom. The quantitative estimate of drug-likeness (QED) is 0.465. The molecule has 4 heterocycles. The summed E-state index contributed by atoms with van der Waals surface area (Å²) in [4.78, 5) is 21.9. The van der Waals surface area contributed by atoms with E-state index in [0.29, 0.717) is 17.3 Å². The van der Waals surface area contributed by atoms with Crippen LogP contribution in [0.25, 0.3) is 22.5 Å². The Hall–Kier alpha value is -3.87. The van der Waals surface area contributed by atoms with Crippen molar-refractivity contribution in [3.63, 3.8) is 0 Å². The number of benzene rings is 1. The molecule has 0 radical (unpaired) electrons. The Labute approximate surface area is 166 Å². The molecule has 0 bridgehead atoms. The Morgan fingerprint density at radius 2 is 1.83 bits per heavy atom. The second-order valence-corrected chi connectivity index (χ2v) is 7.07. The van der Waals surface area contributed by atoms with E-state index in [1.807, 2.05) is 85.2 Å². The SMILES string of the molecule is CC(C)n1c(=O)n(-c2ccc(Oc3cn4ccccc4n3)cc2)c2ncccc21. The second-order valence-electron chi connectivity index (χ2n) is 7.07. The first kappa shape index (κ1) is 17.2. The van der Waals surface area contributed by atoms with E-state index >= 15 is 0 Å². The standard InChI is InChI=1S/C22H19N5O2/c1-15(2)26-18-6-5-12-23-21(18)27(22(26)28)16-8-10-17(11-9-16)29-20-14-25-13-4-3-7-19(25)24-20/h3-15H,1-2H3. The lowest BCUT2D eigenvalue weighted by atomic mass is 10.3. The second kappa shape index (κ2) is 6.63. The van der Waals surface area contributed by atoms with Crippen LogP contribution in [0, 0.1) is 0 Å². The molecule has 4 aromatic heterocycles. The van der Waals surface area contributed by atoms with E-state index in [0.717, 1.165) is 16.9 Å². The molecule has 144 valence electrons. The molecule has 1 aromatic carbocycles. The number of ether oxygens (including phenoxy) is 1. The lowest BCUT2D eigenvalue weighted by Gasteiger charge is -2.06. The van der Waals surface area contributed by atoms with Gasteiger partial charge >= 0.3 is 5.69 Å². The number of hydrogen-bond donors (Lipinski definition) is 0. The molecule has 0 N–H and O–H groups in total. The topological polar surface area (TPSA) is 66.3 Å². The van der Waals surface area contributed by atoms with Crippen molar-refractivity contribution in [3.8, 4) is 17.3 Å². The van der Waals surface area contributed by atoms with Crippen molar-refractivity contribution in [1.29, 1.82) is 0 Å². The number of fused-ring (bicyclic) bond motifs is 2. The largest absolute Gasteiger partial charge is 0.437 e. The predicted octanol–water partition coefficient (Wildman–Crippen LogP) is 4.21. The highest BCUT2D eigenvalue weighted by molar-refractivity contribution is 5.74. The van der Waals surface area contributed by atoms with Crippen molar-refractivity contribution < 1.29 is 4.74 Å². The summed E-state index contributed by atoms with van der Waals surface area (Å²) in [6.45, 7) is 3.98. The smallest absolute Gasteiger partial charge is 0.335 e. The van der Waals surface area contributed by atoms with Gasteiger partial charge in [-0.25, -0.2) is 14.3 Å². The van der Waals surface area contributed by atoms with Crippen LogP contribution < -0.4 is 10.4 Å². The van der Waals surface area contributed by atoms with Crippen molar-refractivity contribution >= 4 is 16.8 Å². The molecule has 7 heteroatoms. The minimum atomic E-state index is -0.109. The highest BCUT2D eigenvalue weighted by atomic mass is 16.5. The molecule has 0 fully saturated rings. The van der Waals surface area contributed by atoms with Gasteiger partial charge < -0.3 is 9.14 Å². The molecule has 0 spiro atoms. The van der Waals surface area contributed by atoms with E-state index in [1.165, 1.54) is 0 Å². The van der Waals surface area contributed by atoms with Crippen molar-refractivity contribution in [1.82, 2.24) is 23.5 Å². The van der Waals surface area contributed by atoms with Crippen molar-refractivity contribution in [3.05, 3.63) is 83.7 Å². The summed E-state index contributed by atoms with van der Waals surface area (Å²) >= 11 is 0. The number of imidazole rings is 2. The van der Waals surface area contributed by atoms with E-state index in [9.17, 15) is 4.79 Å². The van der Waals surface area contributed by atoms with Crippen molar-refractivity contribution in [2.45, 2.75) is 19.9 Å². The average molecular weight is 385 g/mol. The Bertz CT molecular complexity index is 1340. The fraction of sp³-hybridized carbons (Fsp3) is 0.136. The van der Waals surface area contributed by atoms with Gasteiger partial charge in [-0.2, -0.15) is 4.98 Å². The lowest BCUT2D eigenvalue weighted by Crippen LogP contribution is -2.24. The zero-order valence-corrected chi connectivity index (χ0v) is 16.1. The number of aromatic nitrogens is 5. The van der Waals surface area contributed by atoms with Crippen molar-refractivity contribution in [2.75, 3.05) is 0 Å². The van der Waals surface area contributed by atoms with Gasteiger partial charge in [0.15, 0.2) is 5.65 Å². The molecule has 0 unspecified atom stereocenters. The van der Waals surface area contributed by atoms with Gasteiger partial charge in [-0.3, -0.25) is 4.57 Å². The molecule has 0 aliphatic carbocycles. The van der Waals surface area contributed by atoms with Crippen molar-refractivity contribution in [2.24, 2.45) is 0 Å². The minimum Gasteiger partial charge on any atom is -0.437 e. The first-order valence-electron chi connectivity index (χ1n) is 9.42. The van der Waals surface area contributed by atoms with Gasteiger partial charge in [0.25, 0.3) is 0 Å². The highest BCUT2D eigenvalue weighted by Gasteiger charge is 2.17. The van der Waals surface area contributed by atoms with Gasteiger partial charge in [0.1, 0.15) is 11.4 Å². The Balaban J connectivity index is 1.52. The molecule has 0 atom stereocenters. The van der Waals surface area contributed by atoms with Crippen LogP contribution in [-0.4, -0.2) is 23.5 Å². The van der Waals surface area contributed by atoms with E-state index in [-0.39, 0.29) is 11.7 Å². The first-order chi connectivity index (χ1) is 14.1. The first-order valence-corrected chi connectivity index (χ1v) is 9.42. The van der Waals surface area contributed by atoms with Crippen LogP contribution in [0.4, 0.5) is 0 Å². The Morgan fingerprint density at radius 3 is 2.59 bits per heavy atom. The molecular weight excluding hydrogens is 366 g/mol. The molecule has 7 nitrogen and oxygen atoms in total. The van der Waals surface area contributed by atoms with Crippen LogP contribution in [0.3, 0.4) is 0 Å². The number of pyridine rings is 2. The molecule has 0 saturated carbocycles. The molecule has 0 aliphatic heterocycles. The van der Waals surface area contributed by atoms with Gasteiger partial charge in [-0.1, -0.05) is 6.07 Å². The van der Waals surface area contributed by atoms with Gasteiger partial charge in [0.05, 0.1) is 17.4 Å². The van der Waals surface area contributed by atoms with E-state index in [1.54, 1.807) is 15.3 Å². The number of hydrogen-bond acceptors (Lipinski definition) is 4. The third kappa shape index (κ3) is 2.87. The maximum Gasteiger partial charge on any atom is 0.335 e. The highest BCUT2D eigenvalue weighted by Crippen LogP contribution is 2.24. The molecule has 0 saturated heterocycles. The summed E-state index contributed by atoms with van der Waals surface area (Å²) in [5.74, 6) is 1.16. The average Bonchev–Trinajstić information content (AvgIpc) is 3.26. The maximum absolute atomic E-state index is 13.0. The summed E-state index contributed by atoms with van der Waals surface area (Å²) in [6, 6.07) is 16.9. The van der Waals surface area contributed by atoms with Crippen LogP contribution >= 0.6 is 0 Å². The monoisotopic (exact) mass is 385 g/mol. The summed E-state index contributed by atoms with van der Waals surface area (Å²) in [7, 11) is 0. The van der Waals surface area contributed by atoms with Crippen LogP contribution in [-0.2, 0) is 0 Å². The van der Waals surface area contributed by atoms with Gasteiger partial charge in [0.2, 0.25) is 5.88 Å². The fourth-order valence-electron chi connectivity index (χ4n) is 3.53. The normalized spacial score (nSPS) is 11.6. The molecule has 0 amide bonds. The van der Waals surface area contributed by atoms with Gasteiger partial charge in [0, 0.05) is 18.4 Å². The summed E-state index contributed by atoms with van der Waals surface area (Å²) in [6.07, 6.45) is 5.44. The summed E-state index contributed by atoms with van der Waals surface area (Å²) in [5, 5.41) is 0. The van der Waals surface area contributed by atoms with Crippen LogP contribution in [0.15, 0.2) is 78.0 Å². The molecular formula is C22H19N5O2. The van der Waals surface area contributed by atoms with Crippen LogP contribution in [0.2, 0.25) is 0 Å². The molecule has 5 rings (SSSR count). The molecule has 0 aliphatic rings. The van der Waals surface area contributed by atoms with Gasteiger partial charge in [-0.15, -0.1) is 0 Å². The zero-order valence-electron chi connectivity index (χ0n) is 16.1. The van der Waals surface area contributed by atoms with E-state index in [2.05, 4.69) is 9.97 Å². The minimum absolute atomic E-state index is 0.0353. The predicted molar refractivity (Wildman–Crippen MR) is 111 cm³/mol. The summed E-state index contributed by atoms with van der Waals surface area (Å²) < 4.78 is 11.2. The molecule has 29 heavy (non-hydrogen) atoms. The fourth-order valence-corrected chi connectivity index (χ4v) is 3.53. The zero-order chi connectivity index (χ0) is 20.0. The Kier molecular flexibility index (Phi) is 3.94. The third-order valence-corrected chi connectivity index (χ3v) is 4.81.